The van der Waals surface area contributed by atoms with Gasteiger partial charge in [-0.05, 0) is 62.0 Å². The molecule has 1 aromatic carbocycles. The Morgan fingerprint density at radius 1 is 0.839 bits per heavy atom. The first-order valence-electron chi connectivity index (χ1n) is 13.0. The van der Waals surface area contributed by atoms with Crippen molar-refractivity contribution in [2.24, 2.45) is 5.92 Å². The van der Waals surface area contributed by atoms with Crippen LogP contribution in [0.5, 0.6) is 0 Å². The predicted molar refractivity (Wildman–Crippen MR) is 131 cm³/mol. The van der Waals surface area contributed by atoms with Gasteiger partial charge in [-0.1, -0.05) is 102 Å². The van der Waals surface area contributed by atoms with Crippen molar-refractivity contribution in [3.05, 3.63) is 53.1 Å². The van der Waals surface area contributed by atoms with Gasteiger partial charge >= 0.3 is 0 Å². The van der Waals surface area contributed by atoms with E-state index in [9.17, 15) is 8.78 Å². The number of unbranched alkanes of at least 4 members (excludes halogenated alkanes) is 10. The standard InChI is InChI=1S/C29H44F2/c1-3-5-7-9-11-13-15-17-26-22-23-27(29(31)28(26)30)25-20-18-24(19-21-25)16-14-12-10-8-6-4-2/h14,16,20,22-24H,3-13,15,17-19,21H2,1-2H3. The van der Waals surface area contributed by atoms with E-state index in [1.165, 1.54) is 57.8 Å². The van der Waals surface area contributed by atoms with E-state index in [4.69, 9.17) is 0 Å². The lowest BCUT2D eigenvalue weighted by Gasteiger charge is -2.20. The second-order valence-corrected chi connectivity index (χ2v) is 9.31. The SMILES string of the molecule is CCCCCCC=CC1CC=C(c2ccc(CCCCCCCCC)c(F)c2F)CC1. The van der Waals surface area contributed by atoms with Crippen LogP contribution in [0.1, 0.15) is 121 Å². The van der Waals surface area contributed by atoms with Crippen molar-refractivity contribution in [1.82, 2.24) is 0 Å². The van der Waals surface area contributed by atoms with Gasteiger partial charge in [0.05, 0.1) is 0 Å². The van der Waals surface area contributed by atoms with Crippen LogP contribution in [0.3, 0.4) is 0 Å². The molecule has 0 amide bonds. The Bertz CT molecular complexity index is 686. The molecule has 0 spiro atoms. The minimum atomic E-state index is -0.642. The van der Waals surface area contributed by atoms with Crippen LogP contribution in [-0.2, 0) is 6.42 Å². The first-order valence-corrected chi connectivity index (χ1v) is 13.0. The van der Waals surface area contributed by atoms with Crippen LogP contribution in [-0.4, -0.2) is 0 Å². The summed E-state index contributed by atoms with van der Waals surface area (Å²) in [6.07, 6.45) is 24.9. The Hall–Kier alpha value is -1.44. The molecule has 1 aliphatic carbocycles. The monoisotopic (exact) mass is 430 g/mol. The molecule has 174 valence electrons. The third-order valence-corrected chi connectivity index (χ3v) is 6.64. The number of allylic oxidation sites excluding steroid dienone is 4. The highest BCUT2D eigenvalue weighted by Gasteiger charge is 2.19. The molecular weight excluding hydrogens is 386 g/mol. The molecule has 2 rings (SSSR count). The zero-order valence-electron chi connectivity index (χ0n) is 20.0. The van der Waals surface area contributed by atoms with Gasteiger partial charge in [0, 0.05) is 5.56 Å². The van der Waals surface area contributed by atoms with E-state index in [1.54, 1.807) is 0 Å². The van der Waals surface area contributed by atoms with Crippen LogP contribution in [0, 0.1) is 17.6 Å². The molecule has 0 radical (unpaired) electrons. The largest absolute Gasteiger partial charge is 0.203 e. The smallest absolute Gasteiger partial charge is 0.166 e. The molecule has 0 saturated carbocycles. The van der Waals surface area contributed by atoms with Gasteiger partial charge in [-0.2, -0.15) is 0 Å². The van der Waals surface area contributed by atoms with E-state index in [2.05, 4.69) is 32.1 Å². The lowest BCUT2D eigenvalue weighted by molar-refractivity contribution is 0.491. The summed E-state index contributed by atoms with van der Waals surface area (Å²) in [5, 5.41) is 0. The molecule has 1 unspecified atom stereocenters. The summed E-state index contributed by atoms with van der Waals surface area (Å²) in [5.41, 5.74) is 1.99. The molecular formula is C29H44F2. The molecule has 31 heavy (non-hydrogen) atoms. The van der Waals surface area contributed by atoms with Crippen molar-refractivity contribution in [3.8, 4) is 0 Å². The first-order chi connectivity index (χ1) is 15.2. The van der Waals surface area contributed by atoms with Crippen molar-refractivity contribution in [1.29, 1.82) is 0 Å². The summed E-state index contributed by atoms with van der Waals surface area (Å²) in [7, 11) is 0. The molecule has 0 bridgehead atoms. The summed E-state index contributed by atoms with van der Waals surface area (Å²) in [5.74, 6) is -0.727. The Labute approximate surface area is 190 Å². The minimum Gasteiger partial charge on any atom is -0.203 e. The average Bonchev–Trinajstić information content (AvgIpc) is 2.79. The summed E-state index contributed by atoms with van der Waals surface area (Å²) in [6.45, 7) is 4.46. The summed E-state index contributed by atoms with van der Waals surface area (Å²) in [4.78, 5) is 0. The zero-order valence-corrected chi connectivity index (χ0v) is 20.0. The maximum absolute atomic E-state index is 14.8. The third-order valence-electron chi connectivity index (χ3n) is 6.64. The molecule has 0 heterocycles. The fourth-order valence-electron chi connectivity index (χ4n) is 4.55. The number of hydrogen-bond donors (Lipinski definition) is 0. The first kappa shape index (κ1) is 25.8. The van der Waals surface area contributed by atoms with Crippen molar-refractivity contribution in [2.75, 3.05) is 0 Å². The van der Waals surface area contributed by atoms with Crippen LogP contribution in [0.25, 0.3) is 5.57 Å². The Kier molecular flexibility index (Phi) is 12.8. The summed E-state index contributed by atoms with van der Waals surface area (Å²) in [6, 6.07) is 3.62. The molecule has 1 aromatic rings. The maximum atomic E-state index is 14.8. The fourth-order valence-corrected chi connectivity index (χ4v) is 4.55. The molecule has 0 fully saturated rings. The second-order valence-electron chi connectivity index (χ2n) is 9.31. The summed E-state index contributed by atoms with van der Waals surface area (Å²) >= 11 is 0. The van der Waals surface area contributed by atoms with E-state index in [0.717, 1.165) is 44.1 Å². The predicted octanol–water partition coefficient (Wildman–Crippen LogP) is 9.97. The van der Waals surface area contributed by atoms with Gasteiger partial charge in [0.2, 0.25) is 0 Å². The van der Waals surface area contributed by atoms with Gasteiger partial charge in [0.1, 0.15) is 0 Å². The molecule has 0 aliphatic heterocycles. The van der Waals surface area contributed by atoms with Crippen LogP contribution in [0.4, 0.5) is 8.78 Å². The Morgan fingerprint density at radius 2 is 1.52 bits per heavy atom. The molecule has 1 atom stereocenters. The molecule has 0 nitrogen and oxygen atoms in total. The van der Waals surface area contributed by atoms with Crippen LogP contribution in [0.15, 0.2) is 30.4 Å². The van der Waals surface area contributed by atoms with Gasteiger partial charge in [-0.15, -0.1) is 0 Å². The van der Waals surface area contributed by atoms with Crippen molar-refractivity contribution < 1.29 is 8.78 Å². The highest BCUT2D eigenvalue weighted by atomic mass is 19.2. The Morgan fingerprint density at radius 3 is 2.19 bits per heavy atom. The number of rotatable bonds is 15. The van der Waals surface area contributed by atoms with Crippen LogP contribution < -0.4 is 0 Å². The number of aryl methyl sites for hydroxylation is 1. The fraction of sp³-hybridized carbons (Fsp3) is 0.655. The lowest BCUT2D eigenvalue weighted by Crippen LogP contribution is -2.06. The van der Waals surface area contributed by atoms with E-state index in [-0.39, 0.29) is 0 Å². The van der Waals surface area contributed by atoms with Crippen LogP contribution in [0.2, 0.25) is 0 Å². The van der Waals surface area contributed by atoms with Gasteiger partial charge in [0.15, 0.2) is 11.6 Å². The average molecular weight is 431 g/mol. The van der Waals surface area contributed by atoms with Crippen molar-refractivity contribution in [3.63, 3.8) is 0 Å². The van der Waals surface area contributed by atoms with Gasteiger partial charge in [0.25, 0.3) is 0 Å². The van der Waals surface area contributed by atoms with Gasteiger partial charge in [-0.3, -0.25) is 0 Å². The highest BCUT2D eigenvalue weighted by Crippen LogP contribution is 2.33. The van der Waals surface area contributed by atoms with E-state index in [1.807, 2.05) is 12.1 Å². The van der Waals surface area contributed by atoms with E-state index in [0.29, 0.717) is 23.5 Å². The molecule has 0 N–H and O–H groups in total. The van der Waals surface area contributed by atoms with Crippen molar-refractivity contribution in [2.45, 2.75) is 117 Å². The van der Waals surface area contributed by atoms with E-state index >= 15 is 0 Å². The van der Waals surface area contributed by atoms with Gasteiger partial charge < -0.3 is 0 Å². The topological polar surface area (TPSA) is 0 Å². The van der Waals surface area contributed by atoms with Gasteiger partial charge in [-0.25, -0.2) is 8.78 Å². The van der Waals surface area contributed by atoms with E-state index < -0.39 is 11.6 Å². The number of halogens is 2. The maximum Gasteiger partial charge on any atom is 0.166 e. The number of benzene rings is 1. The molecule has 2 heteroatoms. The second kappa shape index (κ2) is 15.4. The van der Waals surface area contributed by atoms with Crippen LogP contribution >= 0.6 is 0 Å². The molecule has 0 aromatic heterocycles. The minimum absolute atomic E-state index is 0.475. The normalized spacial score (nSPS) is 16.8. The molecule has 1 aliphatic rings. The lowest BCUT2D eigenvalue weighted by atomic mass is 9.85. The Balaban J connectivity index is 1.81. The van der Waals surface area contributed by atoms with Crippen molar-refractivity contribution >= 4 is 5.57 Å². The quantitative estimate of drug-likeness (QED) is 0.192. The third kappa shape index (κ3) is 9.29. The zero-order chi connectivity index (χ0) is 22.3. The molecule has 0 saturated heterocycles. The summed E-state index contributed by atoms with van der Waals surface area (Å²) < 4.78 is 29.4. The number of hydrogen-bond acceptors (Lipinski definition) is 0. The highest BCUT2D eigenvalue weighted by molar-refractivity contribution is 5.67.